The van der Waals surface area contributed by atoms with E-state index >= 15 is 0 Å². The molecule has 78 valence electrons. The molecule has 0 unspecified atom stereocenters. The summed E-state index contributed by atoms with van der Waals surface area (Å²) in [7, 11) is 1.78. The van der Waals surface area contributed by atoms with Crippen molar-refractivity contribution in [2.24, 2.45) is 7.05 Å². The molecule has 0 fully saturated rings. The van der Waals surface area contributed by atoms with Gasteiger partial charge in [0.05, 0.1) is 12.2 Å². The maximum absolute atomic E-state index is 11.6. The summed E-state index contributed by atoms with van der Waals surface area (Å²) in [6.45, 7) is 0.387. The summed E-state index contributed by atoms with van der Waals surface area (Å²) >= 11 is 0. The number of nitrogens with zero attached hydrogens (tertiary/aromatic N) is 4. The zero-order valence-electron chi connectivity index (χ0n) is 8.29. The van der Waals surface area contributed by atoms with E-state index in [1.807, 2.05) is 0 Å². The van der Waals surface area contributed by atoms with Crippen molar-refractivity contribution in [3.8, 4) is 0 Å². The minimum atomic E-state index is -0.205. The quantitative estimate of drug-likeness (QED) is 0.724. The predicted octanol–water partition coefficient (Wildman–Crippen LogP) is -0.393. The first-order valence-corrected chi connectivity index (χ1v) is 4.47. The van der Waals surface area contributed by atoms with Crippen LogP contribution in [0, 0.1) is 0 Å². The second kappa shape index (κ2) is 3.56. The van der Waals surface area contributed by atoms with Crippen LogP contribution in [0.2, 0.25) is 0 Å². The Balaban J connectivity index is 2.32. The highest BCUT2D eigenvalue weighted by molar-refractivity contribution is 5.33. The van der Waals surface area contributed by atoms with Crippen LogP contribution in [0.3, 0.4) is 0 Å². The van der Waals surface area contributed by atoms with Crippen LogP contribution in [0.15, 0.2) is 29.3 Å². The lowest BCUT2D eigenvalue weighted by Crippen LogP contribution is -2.22. The van der Waals surface area contributed by atoms with E-state index in [0.717, 1.165) is 5.69 Å². The summed E-state index contributed by atoms with van der Waals surface area (Å²) in [5.74, 6) is 0. The average molecular weight is 205 g/mol. The smallest absolute Gasteiger partial charge is 0.274 e. The fourth-order valence-corrected chi connectivity index (χ4v) is 1.32. The number of hydrogen-bond acceptors (Lipinski definition) is 4. The van der Waals surface area contributed by atoms with E-state index in [1.165, 1.54) is 4.57 Å². The van der Waals surface area contributed by atoms with Gasteiger partial charge in [0.15, 0.2) is 0 Å². The highest BCUT2D eigenvalue weighted by Crippen LogP contribution is 1.97. The fraction of sp³-hybridized carbons (Fsp3) is 0.222. The maximum Gasteiger partial charge on any atom is 0.274 e. The molecule has 0 atom stereocenters. The van der Waals surface area contributed by atoms with E-state index in [2.05, 4.69) is 10.3 Å². The van der Waals surface area contributed by atoms with Gasteiger partial charge in [0.2, 0.25) is 0 Å². The highest BCUT2D eigenvalue weighted by Gasteiger charge is 2.02. The Morgan fingerprint density at radius 3 is 3.00 bits per heavy atom. The Labute approximate surface area is 85.9 Å². The van der Waals surface area contributed by atoms with Crippen LogP contribution in [-0.4, -0.2) is 19.6 Å². The van der Waals surface area contributed by atoms with E-state index in [9.17, 15) is 4.79 Å². The van der Waals surface area contributed by atoms with Gasteiger partial charge in [-0.25, -0.2) is 0 Å². The van der Waals surface area contributed by atoms with Crippen LogP contribution in [0.1, 0.15) is 5.69 Å². The summed E-state index contributed by atoms with van der Waals surface area (Å²) < 4.78 is 3.09. The molecule has 0 saturated heterocycles. The second-order valence-electron chi connectivity index (χ2n) is 3.28. The van der Waals surface area contributed by atoms with Gasteiger partial charge in [0.1, 0.15) is 5.69 Å². The number of anilines is 1. The van der Waals surface area contributed by atoms with Gasteiger partial charge in [-0.3, -0.25) is 9.48 Å². The molecular formula is C9H11N5O. The van der Waals surface area contributed by atoms with Crippen molar-refractivity contribution in [2.45, 2.75) is 6.54 Å². The van der Waals surface area contributed by atoms with Crippen LogP contribution in [-0.2, 0) is 13.6 Å². The molecule has 6 heteroatoms. The molecule has 0 aliphatic carbocycles. The van der Waals surface area contributed by atoms with Crippen LogP contribution >= 0.6 is 0 Å². The average Bonchev–Trinajstić information content (AvgIpc) is 2.59. The third-order valence-electron chi connectivity index (χ3n) is 2.03. The third-order valence-corrected chi connectivity index (χ3v) is 2.03. The zero-order valence-corrected chi connectivity index (χ0v) is 8.29. The number of nitrogen functional groups attached to an aromatic ring is 1. The first-order chi connectivity index (χ1) is 7.16. The standard InChI is InChI=1S/C9H11N5O/c1-13-5-7(11-12-13)6-14-4-2-3-8(10)9(14)15/h2-5H,6,10H2,1H3. The molecule has 0 spiro atoms. The Morgan fingerprint density at radius 1 is 1.53 bits per heavy atom. The van der Waals surface area contributed by atoms with E-state index in [0.29, 0.717) is 6.54 Å². The first-order valence-electron chi connectivity index (χ1n) is 4.47. The van der Waals surface area contributed by atoms with Crippen LogP contribution in [0.5, 0.6) is 0 Å². The molecule has 0 aliphatic rings. The van der Waals surface area contributed by atoms with Crippen LogP contribution in [0.25, 0.3) is 0 Å². The van der Waals surface area contributed by atoms with Crippen molar-refractivity contribution in [3.63, 3.8) is 0 Å². The van der Waals surface area contributed by atoms with Gasteiger partial charge in [0.25, 0.3) is 5.56 Å². The molecule has 0 aromatic carbocycles. The lowest BCUT2D eigenvalue weighted by Gasteiger charge is -2.02. The number of aryl methyl sites for hydroxylation is 1. The van der Waals surface area contributed by atoms with E-state index in [4.69, 9.17) is 5.73 Å². The van der Waals surface area contributed by atoms with Gasteiger partial charge >= 0.3 is 0 Å². The molecule has 0 saturated carbocycles. The number of nitrogens with two attached hydrogens (primary N) is 1. The Hall–Kier alpha value is -2.11. The number of pyridine rings is 1. The Morgan fingerprint density at radius 2 is 2.33 bits per heavy atom. The van der Waals surface area contributed by atoms with Crippen LogP contribution in [0.4, 0.5) is 5.69 Å². The Bertz CT molecular complexity index is 527. The molecule has 2 N–H and O–H groups in total. The van der Waals surface area contributed by atoms with Crippen molar-refractivity contribution >= 4 is 5.69 Å². The number of hydrogen-bond donors (Lipinski definition) is 1. The SMILES string of the molecule is Cn1cc(Cn2cccc(N)c2=O)nn1. The van der Waals surface area contributed by atoms with Crippen molar-refractivity contribution in [2.75, 3.05) is 5.73 Å². The summed E-state index contributed by atoms with van der Waals surface area (Å²) in [5, 5.41) is 7.68. The zero-order chi connectivity index (χ0) is 10.8. The largest absolute Gasteiger partial charge is 0.394 e. The van der Waals surface area contributed by atoms with E-state index in [-0.39, 0.29) is 11.2 Å². The molecule has 0 radical (unpaired) electrons. The number of rotatable bonds is 2. The lowest BCUT2D eigenvalue weighted by atomic mass is 10.4. The summed E-state index contributed by atoms with van der Waals surface area (Å²) in [6.07, 6.45) is 3.43. The molecule has 6 nitrogen and oxygen atoms in total. The minimum absolute atomic E-state index is 0.205. The van der Waals surface area contributed by atoms with Crippen molar-refractivity contribution in [1.82, 2.24) is 19.6 Å². The summed E-state index contributed by atoms with van der Waals surface area (Å²) in [5.41, 5.74) is 6.26. The predicted molar refractivity (Wildman–Crippen MR) is 55.2 cm³/mol. The van der Waals surface area contributed by atoms with E-state index < -0.39 is 0 Å². The van der Waals surface area contributed by atoms with Crippen molar-refractivity contribution in [1.29, 1.82) is 0 Å². The van der Waals surface area contributed by atoms with Gasteiger partial charge in [-0.2, -0.15) is 0 Å². The van der Waals surface area contributed by atoms with Gasteiger partial charge in [-0.15, -0.1) is 5.10 Å². The second-order valence-corrected chi connectivity index (χ2v) is 3.28. The van der Waals surface area contributed by atoms with Gasteiger partial charge in [0, 0.05) is 19.4 Å². The normalized spacial score (nSPS) is 10.5. The number of aromatic nitrogens is 4. The van der Waals surface area contributed by atoms with Crippen LogP contribution < -0.4 is 11.3 Å². The molecule has 0 aliphatic heterocycles. The van der Waals surface area contributed by atoms with Crippen molar-refractivity contribution in [3.05, 3.63) is 40.6 Å². The molecule has 2 aromatic heterocycles. The van der Waals surface area contributed by atoms with Gasteiger partial charge in [-0.1, -0.05) is 5.21 Å². The summed E-state index contributed by atoms with van der Waals surface area (Å²) in [4.78, 5) is 11.6. The highest BCUT2D eigenvalue weighted by atomic mass is 16.1. The molecule has 0 bridgehead atoms. The topological polar surface area (TPSA) is 78.7 Å². The van der Waals surface area contributed by atoms with Gasteiger partial charge in [-0.05, 0) is 12.1 Å². The monoisotopic (exact) mass is 205 g/mol. The molecule has 2 rings (SSSR count). The van der Waals surface area contributed by atoms with Crippen molar-refractivity contribution < 1.29 is 0 Å². The Kier molecular flexibility index (Phi) is 2.24. The minimum Gasteiger partial charge on any atom is -0.394 e. The van der Waals surface area contributed by atoms with Gasteiger partial charge < -0.3 is 10.3 Å². The lowest BCUT2D eigenvalue weighted by molar-refractivity contribution is 0.706. The molecule has 2 aromatic rings. The molecule has 2 heterocycles. The molecule has 0 amide bonds. The first kappa shape index (κ1) is 9.45. The summed E-state index contributed by atoms with van der Waals surface area (Å²) in [6, 6.07) is 3.31. The third kappa shape index (κ3) is 1.88. The molecule has 15 heavy (non-hydrogen) atoms. The fourth-order valence-electron chi connectivity index (χ4n) is 1.32. The maximum atomic E-state index is 11.6. The van der Waals surface area contributed by atoms with E-state index in [1.54, 1.807) is 36.3 Å². The molecular weight excluding hydrogens is 194 g/mol.